The van der Waals surface area contributed by atoms with E-state index in [0.29, 0.717) is 0 Å². The summed E-state index contributed by atoms with van der Waals surface area (Å²) in [6, 6.07) is 8.32. The molecular formula is C15H25BrOSi. The molecule has 0 radical (unpaired) electrons. The standard InChI is InChI=1S/C15H25BrOSi/c1-14(2,3)18(6,7)17-15(4,5)12-10-8-9-11-13(12)16/h8-11H,1-7H3. The predicted molar refractivity (Wildman–Crippen MR) is 85.5 cm³/mol. The summed E-state index contributed by atoms with van der Waals surface area (Å²) < 4.78 is 7.68. The van der Waals surface area contributed by atoms with Crippen LogP contribution in [0.4, 0.5) is 0 Å². The van der Waals surface area contributed by atoms with Crippen molar-refractivity contribution < 1.29 is 4.43 Å². The van der Waals surface area contributed by atoms with E-state index in [1.807, 2.05) is 6.07 Å². The van der Waals surface area contributed by atoms with Crippen LogP contribution < -0.4 is 0 Å². The normalized spacial score (nSPS) is 13.8. The molecule has 3 heteroatoms. The second-order valence-corrected chi connectivity index (χ2v) is 12.4. The highest BCUT2D eigenvalue weighted by Crippen LogP contribution is 2.42. The van der Waals surface area contributed by atoms with Crippen LogP contribution in [0.1, 0.15) is 40.2 Å². The maximum absolute atomic E-state index is 6.57. The van der Waals surface area contributed by atoms with Crippen LogP contribution in [0.25, 0.3) is 0 Å². The molecule has 1 aromatic carbocycles. The van der Waals surface area contributed by atoms with Gasteiger partial charge in [0.05, 0.1) is 5.60 Å². The molecule has 1 nitrogen and oxygen atoms in total. The molecule has 0 spiro atoms. The summed E-state index contributed by atoms with van der Waals surface area (Å²) in [5.74, 6) is 0. The molecular weight excluding hydrogens is 304 g/mol. The van der Waals surface area contributed by atoms with Gasteiger partial charge in [-0.2, -0.15) is 0 Å². The van der Waals surface area contributed by atoms with E-state index < -0.39 is 8.32 Å². The van der Waals surface area contributed by atoms with E-state index >= 15 is 0 Å². The minimum Gasteiger partial charge on any atom is -0.408 e. The molecule has 0 amide bonds. The number of halogens is 1. The lowest BCUT2D eigenvalue weighted by Crippen LogP contribution is -2.46. The van der Waals surface area contributed by atoms with Crippen molar-refractivity contribution in [2.45, 2.75) is 58.4 Å². The van der Waals surface area contributed by atoms with Gasteiger partial charge in [0.15, 0.2) is 8.32 Å². The van der Waals surface area contributed by atoms with Crippen LogP contribution in [0, 0.1) is 0 Å². The largest absolute Gasteiger partial charge is 0.408 e. The Hall–Kier alpha value is -0.123. The fourth-order valence-corrected chi connectivity index (χ4v) is 4.25. The summed E-state index contributed by atoms with van der Waals surface area (Å²) in [7, 11) is -1.77. The fraction of sp³-hybridized carbons (Fsp3) is 0.600. The Morgan fingerprint density at radius 1 is 1.00 bits per heavy atom. The summed E-state index contributed by atoms with van der Waals surface area (Å²) in [5.41, 5.74) is 0.957. The molecule has 0 aromatic heterocycles. The Labute approximate surface area is 121 Å². The van der Waals surface area contributed by atoms with E-state index in [1.165, 1.54) is 5.56 Å². The van der Waals surface area contributed by atoms with Gasteiger partial charge >= 0.3 is 0 Å². The Kier molecular flexibility index (Phi) is 4.52. The van der Waals surface area contributed by atoms with Crippen LogP contribution in [0.5, 0.6) is 0 Å². The Bertz CT molecular complexity index is 419. The van der Waals surface area contributed by atoms with Gasteiger partial charge in [0.1, 0.15) is 0 Å². The van der Waals surface area contributed by atoms with E-state index in [1.54, 1.807) is 0 Å². The second-order valence-electron chi connectivity index (χ2n) is 6.85. The number of benzene rings is 1. The molecule has 0 saturated carbocycles. The van der Waals surface area contributed by atoms with E-state index in [4.69, 9.17) is 4.43 Å². The third-order valence-electron chi connectivity index (χ3n) is 3.84. The monoisotopic (exact) mass is 328 g/mol. The third-order valence-corrected chi connectivity index (χ3v) is 9.16. The number of hydrogen-bond donors (Lipinski definition) is 0. The van der Waals surface area contributed by atoms with Crippen molar-refractivity contribution in [2.75, 3.05) is 0 Å². The molecule has 1 aromatic rings. The molecule has 0 aliphatic carbocycles. The van der Waals surface area contributed by atoms with Crippen LogP contribution >= 0.6 is 15.9 Å². The SMILES string of the molecule is CC(C)(O[Si](C)(C)C(C)(C)C)c1ccccc1Br. The van der Waals surface area contributed by atoms with E-state index in [2.05, 4.69) is 81.8 Å². The molecule has 0 saturated heterocycles. The smallest absolute Gasteiger partial charge is 0.193 e. The minimum atomic E-state index is -1.77. The third kappa shape index (κ3) is 3.46. The van der Waals surface area contributed by atoms with Crippen molar-refractivity contribution in [3.63, 3.8) is 0 Å². The minimum absolute atomic E-state index is 0.228. The van der Waals surface area contributed by atoms with Crippen molar-refractivity contribution in [3.05, 3.63) is 34.3 Å². The summed E-state index contributed by atoms with van der Waals surface area (Å²) >= 11 is 3.63. The van der Waals surface area contributed by atoms with Crippen molar-refractivity contribution in [2.24, 2.45) is 0 Å². The first kappa shape index (κ1) is 15.9. The molecule has 102 valence electrons. The topological polar surface area (TPSA) is 9.23 Å². The van der Waals surface area contributed by atoms with Crippen molar-refractivity contribution in [1.82, 2.24) is 0 Å². The van der Waals surface area contributed by atoms with Crippen LogP contribution in [0.15, 0.2) is 28.7 Å². The lowest BCUT2D eigenvalue weighted by molar-refractivity contribution is 0.0895. The second kappa shape index (κ2) is 5.10. The van der Waals surface area contributed by atoms with Crippen LogP contribution in [-0.2, 0) is 10.0 Å². The van der Waals surface area contributed by atoms with E-state index in [9.17, 15) is 0 Å². The molecule has 0 aliphatic heterocycles. The van der Waals surface area contributed by atoms with Crippen molar-refractivity contribution in [3.8, 4) is 0 Å². The Balaban J connectivity index is 3.06. The van der Waals surface area contributed by atoms with Gasteiger partial charge in [-0.3, -0.25) is 0 Å². The van der Waals surface area contributed by atoms with Gasteiger partial charge in [0.2, 0.25) is 0 Å². The first-order chi connectivity index (χ1) is 7.97. The maximum Gasteiger partial charge on any atom is 0.193 e. The van der Waals surface area contributed by atoms with E-state index in [-0.39, 0.29) is 10.6 Å². The summed E-state index contributed by atoms with van der Waals surface area (Å²) in [5, 5.41) is 0.228. The average Bonchev–Trinajstić information content (AvgIpc) is 2.14. The molecule has 1 rings (SSSR count). The lowest BCUT2D eigenvalue weighted by atomic mass is 9.99. The molecule has 0 unspecified atom stereocenters. The highest BCUT2D eigenvalue weighted by Gasteiger charge is 2.42. The molecule has 0 bridgehead atoms. The van der Waals surface area contributed by atoms with Gasteiger partial charge in [0, 0.05) is 4.47 Å². The number of hydrogen-bond acceptors (Lipinski definition) is 1. The van der Waals surface area contributed by atoms with Gasteiger partial charge in [-0.25, -0.2) is 0 Å². The van der Waals surface area contributed by atoms with Gasteiger partial charge in [-0.15, -0.1) is 0 Å². The molecule has 0 atom stereocenters. The van der Waals surface area contributed by atoms with Crippen LogP contribution in [-0.4, -0.2) is 8.32 Å². The van der Waals surface area contributed by atoms with Gasteiger partial charge in [-0.1, -0.05) is 54.9 Å². The Morgan fingerprint density at radius 3 is 1.94 bits per heavy atom. The average molecular weight is 329 g/mol. The van der Waals surface area contributed by atoms with E-state index in [0.717, 1.165) is 4.47 Å². The zero-order valence-electron chi connectivity index (χ0n) is 12.6. The molecule has 0 N–H and O–H groups in total. The molecule has 0 aliphatic rings. The molecule has 0 fully saturated rings. The first-order valence-corrected chi connectivity index (χ1v) is 10.1. The fourth-order valence-electron chi connectivity index (χ4n) is 1.80. The number of rotatable bonds is 3. The maximum atomic E-state index is 6.57. The summed E-state index contributed by atoms with van der Waals surface area (Å²) in [6.45, 7) is 15.7. The van der Waals surface area contributed by atoms with Crippen LogP contribution in [0.2, 0.25) is 18.1 Å². The lowest BCUT2D eigenvalue weighted by Gasteiger charge is -2.43. The van der Waals surface area contributed by atoms with Gasteiger partial charge in [-0.05, 0) is 43.6 Å². The zero-order chi connectivity index (χ0) is 14.2. The zero-order valence-corrected chi connectivity index (χ0v) is 15.2. The quantitative estimate of drug-likeness (QED) is 0.646. The highest BCUT2D eigenvalue weighted by atomic mass is 79.9. The van der Waals surface area contributed by atoms with Crippen molar-refractivity contribution in [1.29, 1.82) is 0 Å². The summed E-state index contributed by atoms with van der Waals surface area (Å²) in [6.07, 6.45) is 0. The van der Waals surface area contributed by atoms with Crippen LogP contribution in [0.3, 0.4) is 0 Å². The summed E-state index contributed by atoms with van der Waals surface area (Å²) in [4.78, 5) is 0. The Morgan fingerprint density at radius 2 is 1.50 bits per heavy atom. The first-order valence-electron chi connectivity index (χ1n) is 6.42. The predicted octanol–water partition coefficient (Wildman–Crippen LogP) is 5.71. The molecule has 18 heavy (non-hydrogen) atoms. The highest BCUT2D eigenvalue weighted by molar-refractivity contribution is 9.10. The van der Waals surface area contributed by atoms with Crippen molar-refractivity contribution >= 4 is 24.2 Å². The van der Waals surface area contributed by atoms with Gasteiger partial charge in [0.25, 0.3) is 0 Å². The van der Waals surface area contributed by atoms with Gasteiger partial charge < -0.3 is 4.43 Å². The molecule has 0 heterocycles.